The Bertz CT molecular complexity index is 480. The van der Waals surface area contributed by atoms with E-state index in [-0.39, 0.29) is 16.9 Å². The molecular formula is C10H14ClN5O3. The fraction of sp³-hybridized carbons (Fsp3) is 0.400. The van der Waals surface area contributed by atoms with Crippen LogP contribution in [0.3, 0.4) is 0 Å². The predicted octanol–water partition coefficient (Wildman–Crippen LogP) is 1.33. The molecule has 9 heteroatoms. The Morgan fingerprint density at radius 2 is 2.16 bits per heavy atom. The molecule has 1 heterocycles. The largest absolute Gasteiger partial charge is 0.368 e. The number of rotatable bonds is 5. The lowest BCUT2D eigenvalue weighted by molar-refractivity contribution is -0.384. The summed E-state index contributed by atoms with van der Waals surface area (Å²) in [6.45, 7) is 0.739. The number of nitrogens with one attached hydrogen (secondary N) is 2. The summed E-state index contributed by atoms with van der Waals surface area (Å²) in [6.07, 6.45) is 0. The van der Waals surface area contributed by atoms with Crippen molar-refractivity contribution in [1.82, 2.24) is 15.2 Å². The Balaban J connectivity index is 2.49. The zero-order valence-corrected chi connectivity index (χ0v) is 11.3. The number of halogens is 1. The van der Waals surface area contributed by atoms with E-state index in [1.807, 2.05) is 0 Å². The second-order valence-electron chi connectivity index (χ2n) is 3.84. The van der Waals surface area contributed by atoms with E-state index in [0.29, 0.717) is 18.9 Å². The van der Waals surface area contributed by atoms with Gasteiger partial charge in [-0.1, -0.05) is 11.6 Å². The summed E-state index contributed by atoms with van der Waals surface area (Å²) in [6, 6.07) is 2.23. The molecule has 0 saturated carbocycles. The maximum Gasteiger partial charge on any atom is 0.316 e. The first-order chi connectivity index (χ1) is 8.90. The van der Waals surface area contributed by atoms with Gasteiger partial charge in [0, 0.05) is 27.2 Å². The lowest BCUT2D eigenvalue weighted by Gasteiger charge is -2.12. The molecular weight excluding hydrogens is 274 g/mol. The van der Waals surface area contributed by atoms with Crippen LogP contribution in [0.25, 0.3) is 0 Å². The van der Waals surface area contributed by atoms with Crippen LogP contribution < -0.4 is 10.6 Å². The van der Waals surface area contributed by atoms with Gasteiger partial charge < -0.3 is 15.5 Å². The zero-order valence-electron chi connectivity index (χ0n) is 10.5. The molecule has 2 amide bonds. The zero-order chi connectivity index (χ0) is 14.4. The summed E-state index contributed by atoms with van der Waals surface area (Å²) in [5.41, 5.74) is -0.139. The van der Waals surface area contributed by atoms with Crippen LogP contribution >= 0.6 is 11.6 Å². The van der Waals surface area contributed by atoms with Gasteiger partial charge in [0.15, 0.2) is 0 Å². The number of amides is 2. The molecule has 0 aliphatic heterocycles. The van der Waals surface area contributed by atoms with Crippen molar-refractivity contribution in [2.75, 3.05) is 32.5 Å². The Labute approximate surface area is 114 Å². The molecule has 0 unspecified atom stereocenters. The van der Waals surface area contributed by atoms with Gasteiger partial charge in [0.05, 0.1) is 17.1 Å². The van der Waals surface area contributed by atoms with E-state index in [4.69, 9.17) is 11.6 Å². The number of carbonyl (C=O) groups excluding carboxylic acids is 1. The molecule has 0 bridgehead atoms. The van der Waals surface area contributed by atoms with Crippen molar-refractivity contribution in [2.24, 2.45) is 0 Å². The molecule has 8 nitrogen and oxygen atoms in total. The fourth-order valence-corrected chi connectivity index (χ4v) is 1.40. The Kier molecular flexibility index (Phi) is 5.31. The molecule has 0 spiro atoms. The molecule has 1 aromatic rings. The molecule has 0 aromatic carbocycles. The summed E-state index contributed by atoms with van der Waals surface area (Å²) in [7, 11) is 3.26. The van der Waals surface area contributed by atoms with Gasteiger partial charge in [-0.15, -0.1) is 0 Å². The Morgan fingerprint density at radius 1 is 1.47 bits per heavy atom. The molecule has 0 aliphatic carbocycles. The Morgan fingerprint density at radius 3 is 2.74 bits per heavy atom. The standard InChI is InChI=1S/C10H14ClN5O3/c1-15(2)10(17)13-4-3-12-9-6-7(16(18)19)5-8(11)14-9/h5-6H,3-4H2,1-2H3,(H,12,14)(H,13,17). The van der Waals surface area contributed by atoms with Crippen LogP contribution in [0.15, 0.2) is 12.1 Å². The number of pyridine rings is 1. The van der Waals surface area contributed by atoms with Crippen molar-refractivity contribution in [3.05, 3.63) is 27.4 Å². The summed E-state index contributed by atoms with van der Waals surface area (Å²) >= 11 is 5.67. The minimum atomic E-state index is -0.549. The monoisotopic (exact) mass is 287 g/mol. The summed E-state index contributed by atoms with van der Waals surface area (Å²) in [4.78, 5) is 26.6. The highest BCUT2D eigenvalue weighted by Crippen LogP contribution is 2.20. The third-order valence-electron chi connectivity index (χ3n) is 2.10. The molecule has 0 fully saturated rings. The van der Waals surface area contributed by atoms with E-state index in [0.717, 1.165) is 0 Å². The first-order valence-corrected chi connectivity index (χ1v) is 5.79. The van der Waals surface area contributed by atoms with Crippen molar-refractivity contribution in [1.29, 1.82) is 0 Å². The quantitative estimate of drug-likeness (QED) is 0.368. The van der Waals surface area contributed by atoms with Crippen LogP contribution in [-0.2, 0) is 0 Å². The van der Waals surface area contributed by atoms with E-state index in [1.54, 1.807) is 14.1 Å². The SMILES string of the molecule is CN(C)C(=O)NCCNc1cc([N+](=O)[O-])cc(Cl)n1. The summed E-state index contributed by atoms with van der Waals surface area (Å²) in [5.74, 6) is 0.290. The molecule has 1 aromatic heterocycles. The highest BCUT2D eigenvalue weighted by Gasteiger charge is 2.10. The van der Waals surface area contributed by atoms with Crippen molar-refractivity contribution in [3.8, 4) is 0 Å². The topological polar surface area (TPSA) is 100 Å². The van der Waals surface area contributed by atoms with Gasteiger partial charge in [-0.25, -0.2) is 9.78 Å². The van der Waals surface area contributed by atoms with Gasteiger partial charge in [0.25, 0.3) is 5.69 Å². The van der Waals surface area contributed by atoms with Crippen molar-refractivity contribution < 1.29 is 9.72 Å². The lowest BCUT2D eigenvalue weighted by Crippen LogP contribution is -2.37. The number of aromatic nitrogens is 1. The maximum absolute atomic E-state index is 11.2. The highest BCUT2D eigenvalue weighted by molar-refractivity contribution is 6.29. The molecule has 19 heavy (non-hydrogen) atoms. The van der Waals surface area contributed by atoms with Crippen molar-refractivity contribution >= 4 is 29.1 Å². The van der Waals surface area contributed by atoms with E-state index in [9.17, 15) is 14.9 Å². The van der Waals surface area contributed by atoms with Crippen LogP contribution in [0.1, 0.15) is 0 Å². The number of carbonyl (C=O) groups is 1. The first kappa shape index (κ1) is 15.0. The van der Waals surface area contributed by atoms with Crippen molar-refractivity contribution in [2.45, 2.75) is 0 Å². The molecule has 0 aliphatic rings. The highest BCUT2D eigenvalue weighted by atomic mass is 35.5. The van der Waals surface area contributed by atoms with Gasteiger partial charge in [-0.3, -0.25) is 10.1 Å². The van der Waals surface area contributed by atoms with Gasteiger partial charge in [0.1, 0.15) is 11.0 Å². The lowest BCUT2D eigenvalue weighted by atomic mass is 10.4. The van der Waals surface area contributed by atoms with E-state index in [1.165, 1.54) is 17.0 Å². The van der Waals surface area contributed by atoms with E-state index >= 15 is 0 Å². The fourth-order valence-electron chi connectivity index (χ4n) is 1.20. The molecule has 0 atom stereocenters. The van der Waals surface area contributed by atoms with Gasteiger partial charge >= 0.3 is 6.03 Å². The maximum atomic E-state index is 11.2. The molecule has 0 saturated heterocycles. The van der Waals surface area contributed by atoms with Crippen LogP contribution in [0.4, 0.5) is 16.3 Å². The molecule has 1 rings (SSSR count). The van der Waals surface area contributed by atoms with Crippen molar-refractivity contribution in [3.63, 3.8) is 0 Å². The van der Waals surface area contributed by atoms with Gasteiger partial charge in [-0.05, 0) is 0 Å². The predicted molar refractivity (Wildman–Crippen MR) is 71.5 cm³/mol. The second kappa shape index (κ2) is 6.74. The van der Waals surface area contributed by atoms with E-state index < -0.39 is 4.92 Å². The first-order valence-electron chi connectivity index (χ1n) is 5.41. The smallest absolute Gasteiger partial charge is 0.316 e. The number of urea groups is 1. The van der Waals surface area contributed by atoms with Crippen LogP contribution in [0, 0.1) is 10.1 Å². The van der Waals surface area contributed by atoms with Gasteiger partial charge in [-0.2, -0.15) is 0 Å². The summed E-state index contributed by atoms with van der Waals surface area (Å²) < 4.78 is 0. The minimum Gasteiger partial charge on any atom is -0.368 e. The number of nitrogens with zero attached hydrogens (tertiary/aromatic N) is 3. The molecule has 2 N–H and O–H groups in total. The van der Waals surface area contributed by atoms with Crippen LogP contribution in [0.5, 0.6) is 0 Å². The average molecular weight is 288 g/mol. The van der Waals surface area contributed by atoms with E-state index in [2.05, 4.69) is 15.6 Å². The number of hydrogen-bond acceptors (Lipinski definition) is 5. The van der Waals surface area contributed by atoms with Crippen LogP contribution in [0.2, 0.25) is 5.15 Å². The van der Waals surface area contributed by atoms with Gasteiger partial charge in [0.2, 0.25) is 0 Å². The third kappa shape index (κ3) is 4.96. The Hall–Kier alpha value is -2.09. The normalized spacial score (nSPS) is 9.84. The third-order valence-corrected chi connectivity index (χ3v) is 2.30. The average Bonchev–Trinajstić information content (AvgIpc) is 2.33. The molecule has 0 radical (unpaired) electrons. The number of nitro groups is 1. The second-order valence-corrected chi connectivity index (χ2v) is 4.23. The van der Waals surface area contributed by atoms with Crippen LogP contribution in [-0.4, -0.2) is 48.0 Å². The number of hydrogen-bond donors (Lipinski definition) is 2. The summed E-state index contributed by atoms with van der Waals surface area (Å²) in [5, 5.41) is 16.1. The number of anilines is 1. The minimum absolute atomic E-state index is 0.0361. The molecule has 104 valence electrons.